The van der Waals surface area contributed by atoms with Gasteiger partial charge in [-0.2, -0.15) is 0 Å². The summed E-state index contributed by atoms with van der Waals surface area (Å²) in [7, 11) is 0. The number of hydrogen-bond donors (Lipinski definition) is 3. The number of hydrogen-bond acceptors (Lipinski definition) is 5. The van der Waals surface area contributed by atoms with Crippen LogP contribution < -0.4 is 16.4 Å². The lowest BCUT2D eigenvalue weighted by atomic mass is 9.92. The number of nitrogens with two attached hydrogens (primary N) is 1. The topological polar surface area (TPSA) is 122 Å². The van der Waals surface area contributed by atoms with Crippen molar-refractivity contribution in [1.29, 1.82) is 0 Å². The van der Waals surface area contributed by atoms with Crippen molar-refractivity contribution in [2.75, 3.05) is 11.9 Å². The van der Waals surface area contributed by atoms with Crippen LogP contribution in [-0.4, -0.2) is 35.2 Å². The molecule has 0 radical (unpaired) electrons. The van der Waals surface area contributed by atoms with Crippen LogP contribution in [-0.2, 0) is 28.0 Å². The fourth-order valence-electron chi connectivity index (χ4n) is 3.95. The van der Waals surface area contributed by atoms with Crippen LogP contribution in [0.15, 0.2) is 24.3 Å². The van der Waals surface area contributed by atoms with Gasteiger partial charge in [-0.3, -0.25) is 19.3 Å². The van der Waals surface area contributed by atoms with Gasteiger partial charge in [-0.25, -0.2) is 4.79 Å². The van der Waals surface area contributed by atoms with E-state index in [2.05, 4.69) is 10.6 Å². The zero-order valence-electron chi connectivity index (χ0n) is 16.1. The van der Waals surface area contributed by atoms with Gasteiger partial charge < -0.3 is 16.4 Å². The first kappa shape index (κ1) is 20.4. The Balaban J connectivity index is 1.53. The number of benzene rings is 1. The first-order valence-corrected chi connectivity index (χ1v) is 10.5. The zero-order chi connectivity index (χ0) is 21.6. The lowest BCUT2D eigenvalue weighted by molar-refractivity contribution is -0.133. The van der Waals surface area contributed by atoms with E-state index < -0.39 is 35.8 Å². The van der Waals surface area contributed by atoms with Gasteiger partial charge in [-0.1, -0.05) is 29.8 Å². The normalized spacial score (nSPS) is 20.3. The van der Waals surface area contributed by atoms with Gasteiger partial charge in [0.1, 0.15) is 17.1 Å². The fraction of sp³-hybridized carbons (Fsp3) is 0.300. The molecule has 2 aliphatic rings. The molecule has 0 unspecified atom stereocenters. The number of urea groups is 1. The monoisotopic (exact) mass is 446 g/mol. The molecule has 30 heavy (non-hydrogen) atoms. The maximum Gasteiger partial charge on any atom is 0.325 e. The van der Waals surface area contributed by atoms with Gasteiger partial charge in [0, 0.05) is 15.5 Å². The average Bonchev–Trinajstić information content (AvgIpc) is 3.31. The summed E-state index contributed by atoms with van der Waals surface area (Å²) in [6.07, 6.45) is 2.52. The summed E-state index contributed by atoms with van der Waals surface area (Å²) >= 11 is 7.52. The highest BCUT2D eigenvalue weighted by atomic mass is 35.5. The van der Waals surface area contributed by atoms with Crippen molar-refractivity contribution in [3.05, 3.63) is 50.9 Å². The van der Waals surface area contributed by atoms with Crippen molar-refractivity contribution >= 4 is 51.7 Å². The molecule has 0 spiro atoms. The Labute approximate surface area is 181 Å². The third-order valence-electron chi connectivity index (χ3n) is 5.41. The second kappa shape index (κ2) is 7.41. The van der Waals surface area contributed by atoms with Crippen LogP contribution in [0.25, 0.3) is 0 Å². The van der Waals surface area contributed by atoms with E-state index in [9.17, 15) is 19.2 Å². The Kier molecular flexibility index (Phi) is 5.03. The van der Waals surface area contributed by atoms with Crippen molar-refractivity contribution in [3.8, 4) is 0 Å². The molecule has 4 N–H and O–H groups in total. The number of carbonyl (C=O) groups is 4. The van der Waals surface area contributed by atoms with Gasteiger partial charge in [-0.05, 0) is 37.8 Å². The molecule has 1 atom stereocenters. The molecule has 1 fully saturated rings. The molecule has 0 bridgehead atoms. The summed E-state index contributed by atoms with van der Waals surface area (Å²) in [5.74, 6) is -1.78. The molecule has 5 amide bonds. The van der Waals surface area contributed by atoms with Crippen LogP contribution in [0.2, 0.25) is 5.02 Å². The molecule has 2 aromatic rings. The van der Waals surface area contributed by atoms with Gasteiger partial charge in [0.15, 0.2) is 0 Å². The summed E-state index contributed by atoms with van der Waals surface area (Å²) in [5.41, 5.74) is 5.77. The Morgan fingerprint density at radius 1 is 1.30 bits per heavy atom. The molecule has 1 aromatic heterocycles. The lowest BCUT2D eigenvalue weighted by Crippen LogP contribution is -2.42. The number of thiophene rings is 1. The summed E-state index contributed by atoms with van der Waals surface area (Å²) in [6, 6.07) is 6.01. The van der Waals surface area contributed by atoms with Crippen LogP contribution in [0, 0.1) is 0 Å². The largest absolute Gasteiger partial charge is 0.365 e. The number of amides is 5. The minimum Gasteiger partial charge on any atom is -0.365 e. The molecule has 1 aliphatic heterocycles. The fourth-order valence-corrected chi connectivity index (χ4v) is 5.59. The molecular formula is C20H19ClN4O4S. The third kappa shape index (κ3) is 3.23. The van der Waals surface area contributed by atoms with Crippen LogP contribution in [0.4, 0.5) is 9.80 Å². The SMILES string of the molecule is C[C@@]1(c2ccccc2Cl)NC(=O)N(CC(=O)Nc2sc3c(c2C(N)=O)CCC3)C1=O. The van der Waals surface area contributed by atoms with Gasteiger partial charge in [0.05, 0.1) is 5.56 Å². The average molecular weight is 447 g/mol. The number of halogens is 1. The number of primary amides is 1. The van der Waals surface area contributed by atoms with Crippen LogP contribution in [0.1, 0.15) is 39.7 Å². The number of nitrogens with one attached hydrogen (secondary N) is 2. The second-order valence-electron chi connectivity index (χ2n) is 7.40. The van der Waals surface area contributed by atoms with E-state index in [-0.39, 0.29) is 0 Å². The van der Waals surface area contributed by atoms with Gasteiger partial charge in [0.2, 0.25) is 5.91 Å². The van der Waals surface area contributed by atoms with Crippen LogP contribution in [0.5, 0.6) is 0 Å². The van der Waals surface area contributed by atoms with E-state index >= 15 is 0 Å². The number of fused-ring (bicyclic) bond motifs is 1. The molecule has 4 rings (SSSR count). The minimum absolute atomic E-state index is 0.318. The van der Waals surface area contributed by atoms with E-state index in [1.54, 1.807) is 31.2 Å². The summed E-state index contributed by atoms with van der Waals surface area (Å²) < 4.78 is 0. The predicted octanol–water partition coefficient (Wildman–Crippen LogP) is 2.39. The molecule has 2 heterocycles. The number of nitrogens with zero attached hydrogens (tertiary/aromatic N) is 1. The quantitative estimate of drug-likeness (QED) is 0.610. The summed E-state index contributed by atoms with van der Waals surface area (Å²) in [6.45, 7) is 1.05. The molecule has 0 saturated carbocycles. The van der Waals surface area contributed by atoms with Crippen molar-refractivity contribution in [1.82, 2.24) is 10.2 Å². The van der Waals surface area contributed by atoms with E-state index in [0.717, 1.165) is 34.6 Å². The van der Waals surface area contributed by atoms with E-state index in [4.69, 9.17) is 17.3 Å². The first-order chi connectivity index (χ1) is 14.2. The second-order valence-corrected chi connectivity index (χ2v) is 8.91. The molecule has 156 valence electrons. The predicted molar refractivity (Wildman–Crippen MR) is 113 cm³/mol. The van der Waals surface area contributed by atoms with E-state index in [1.165, 1.54) is 11.3 Å². The molecule has 8 nitrogen and oxygen atoms in total. The zero-order valence-corrected chi connectivity index (χ0v) is 17.7. The van der Waals surface area contributed by atoms with Crippen molar-refractivity contribution in [2.24, 2.45) is 5.73 Å². The first-order valence-electron chi connectivity index (χ1n) is 9.35. The highest BCUT2D eigenvalue weighted by Gasteiger charge is 2.50. The van der Waals surface area contributed by atoms with Gasteiger partial charge in [0.25, 0.3) is 11.8 Å². The maximum atomic E-state index is 13.0. The Morgan fingerprint density at radius 3 is 2.73 bits per heavy atom. The third-order valence-corrected chi connectivity index (χ3v) is 6.95. The molecular weight excluding hydrogens is 428 g/mol. The van der Waals surface area contributed by atoms with Crippen LogP contribution in [0.3, 0.4) is 0 Å². The summed E-state index contributed by atoms with van der Waals surface area (Å²) in [5, 5.41) is 5.96. The standard InChI is InChI=1S/C20H19ClN4O4S/c1-20(11-6-2-3-7-12(11)21)18(28)25(19(29)24-20)9-14(26)23-17-15(16(22)27)10-5-4-8-13(10)30-17/h2-3,6-7H,4-5,8-9H2,1H3,(H2,22,27)(H,23,26)(H,24,29)/t20-/m0/s1. The molecule has 1 aromatic carbocycles. The number of anilines is 1. The van der Waals surface area contributed by atoms with Crippen LogP contribution >= 0.6 is 22.9 Å². The van der Waals surface area contributed by atoms with E-state index in [1.807, 2.05) is 0 Å². The van der Waals surface area contributed by atoms with Crippen molar-refractivity contribution < 1.29 is 19.2 Å². The molecule has 10 heteroatoms. The van der Waals surface area contributed by atoms with Crippen molar-refractivity contribution in [2.45, 2.75) is 31.7 Å². The molecule has 1 saturated heterocycles. The smallest absolute Gasteiger partial charge is 0.325 e. The Bertz CT molecular complexity index is 1100. The molecule has 1 aliphatic carbocycles. The number of rotatable bonds is 5. The summed E-state index contributed by atoms with van der Waals surface area (Å²) in [4.78, 5) is 51.8. The lowest BCUT2D eigenvalue weighted by Gasteiger charge is -2.23. The van der Waals surface area contributed by atoms with Crippen molar-refractivity contribution in [3.63, 3.8) is 0 Å². The highest BCUT2D eigenvalue weighted by molar-refractivity contribution is 7.17. The maximum absolute atomic E-state index is 13.0. The Hall–Kier alpha value is -2.91. The van der Waals surface area contributed by atoms with E-state index in [0.29, 0.717) is 21.2 Å². The minimum atomic E-state index is -1.38. The number of aryl methyl sites for hydroxylation is 1. The number of carbonyl (C=O) groups excluding carboxylic acids is 4. The highest BCUT2D eigenvalue weighted by Crippen LogP contribution is 2.39. The van der Waals surface area contributed by atoms with Gasteiger partial charge >= 0.3 is 6.03 Å². The number of imide groups is 1. The van der Waals surface area contributed by atoms with Gasteiger partial charge in [-0.15, -0.1) is 11.3 Å². The Morgan fingerprint density at radius 2 is 2.03 bits per heavy atom.